The first-order valence-electron chi connectivity index (χ1n) is 10.7. The SMILES string of the molecule is CCOc1ccc(NC(=O)c2cccc(NC3=C(Cl)C(=O)N(c4ccc(OC)cc4)C3=O)c2)cc1. The van der Waals surface area contributed by atoms with Crippen LogP contribution in [0.3, 0.4) is 0 Å². The summed E-state index contributed by atoms with van der Waals surface area (Å²) >= 11 is 6.21. The summed E-state index contributed by atoms with van der Waals surface area (Å²) in [6.45, 7) is 2.45. The average Bonchev–Trinajstić information content (AvgIpc) is 3.08. The van der Waals surface area contributed by atoms with E-state index in [1.807, 2.05) is 6.92 Å². The number of amides is 3. The molecular formula is C26H22ClN3O5. The zero-order chi connectivity index (χ0) is 24.9. The number of hydrogen-bond donors (Lipinski definition) is 2. The molecule has 0 bridgehead atoms. The minimum absolute atomic E-state index is 0.0726. The van der Waals surface area contributed by atoms with Crippen LogP contribution in [0.25, 0.3) is 0 Å². The van der Waals surface area contributed by atoms with E-state index in [9.17, 15) is 14.4 Å². The highest BCUT2D eigenvalue weighted by Gasteiger charge is 2.39. The Morgan fingerprint density at radius 2 is 1.60 bits per heavy atom. The number of rotatable bonds is 8. The Morgan fingerprint density at radius 1 is 0.914 bits per heavy atom. The number of nitrogens with one attached hydrogen (secondary N) is 2. The van der Waals surface area contributed by atoms with Gasteiger partial charge in [0.25, 0.3) is 17.7 Å². The van der Waals surface area contributed by atoms with Gasteiger partial charge in [-0.3, -0.25) is 14.4 Å². The van der Waals surface area contributed by atoms with E-state index < -0.39 is 11.8 Å². The second-order valence-corrected chi connectivity index (χ2v) is 7.83. The molecular weight excluding hydrogens is 470 g/mol. The van der Waals surface area contributed by atoms with E-state index >= 15 is 0 Å². The number of anilines is 3. The highest BCUT2D eigenvalue weighted by molar-refractivity contribution is 6.53. The normalized spacial score (nSPS) is 13.2. The molecule has 0 spiro atoms. The van der Waals surface area contributed by atoms with Gasteiger partial charge in [-0.25, -0.2) is 4.90 Å². The molecule has 2 N–H and O–H groups in total. The molecule has 1 aliphatic rings. The first-order chi connectivity index (χ1) is 16.9. The number of hydrogen-bond acceptors (Lipinski definition) is 6. The zero-order valence-electron chi connectivity index (χ0n) is 19.0. The Hall–Kier alpha value is -4.30. The molecule has 8 nitrogen and oxygen atoms in total. The summed E-state index contributed by atoms with van der Waals surface area (Å²) in [6.07, 6.45) is 0. The lowest BCUT2D eigenvalue weighted by Gasteiger charge is -2.15. The van der Waals surface area contributed by atoms with Crippen molar-refractivity contribution in [2.45, 2.75) is 6.92 Å². The predicted molar refractivity (Wildman–Crippen MR) is 134 cm³/mol. The highest BCUT2D eigenvalue weighted by atomic mass is 35.5. The Kier molecular flexibility index (Phi) is 7.03. The van der Waals surface area contributed by atoms with Crippen LogP contribution in [0.2, 0.25) is 0 Å². The smallest absolute Gasteiger partial charge is 0.283 e. The topological polar surface area (TPSA) is 97.0 Å². The zero-order valence-corrected chi connectivity index (χ0v) is 19.8. The van der Waals surface area contributed by atoms with E-state index in [1.165, 1.54) is 7.11 Å². The molecule has 0 radical (unpaired) electrons. The van der Waals surface area contributed by atoms with Crippen LogP contribution >= 0.6 is 11.6 Å². The van der Waals surface area contributed by atoms with Crippen molar-refractivity contribution in [1.82, 2.24) is 0 Å². The first-order valence-corrected chi connectivity index (χ1v) is 11.1. The Labute approximate surface area is 207 Å². The van der Waals surface area contributed by atoms with Crippen LogP contribution < -0.4 is 25.0 Å². The Bertz CT molecular complexity index is 1300. The lowest BCUT2D eigenvalue weighted by atomic mass is 10.1. The number of benzene rings is 3. The van der Waals surface area contributed by atoms with Crippen molar-refractivity contribution in [3.8, 4) is 11.5 Å². The van der Waals surface area contributed by atoms with Crippen molar-refractivity contribution < 1.29 is 23.9 Å². The van der Waals surface area contributed by atoms with Crippen LogP contribution in [-0.2, 0) is 9.59 Å². The van der Waals surface area contributed by atoms with Gasteiger partial charge in [-0.1, -0.05) is 17.7 Å². The minimum atomic E-state index is -0.645. The molecule has 0 unspecified atom stereocenters. The molecule has 0 saturated carbocycles. The van der Waals surface area contributed by atoms with Crippen LogP contribution in [0.5, 0.6) is 11.5 Å². The quantitative estimate of drug-likeness (QED) is 0.440. The van der Waals surface area contributed by atoms with Gasteiger partial charge in [0, 0.05) is 16.9 Å². The fourth-order valence-corrected chi connectivity index (χ4v) is 3.68. The molecule has 0 atom stereocenters. The molecule has 0 saturated heterocycles. The van der Waals surface area contributed by atoms with Crippen molar-refractivity contribution in [3.05, 3.63) is 89.1 Å². The van der Waals surface area contributed by atoms with E-state index in [0.717, 1.165) is 4.90 Å². The van der Waals surface area contributed by atoms with Gasteiger partial charge >= 0.3 is 0 Å². The average molecular weight is 492 g/mol. The number of carbonyl (C=O) groups excluding carboxylic acids is 3. The standard InChI is InChI=1S/C26H22ClN3O5/c1-3-35-21-11-7-17(8-12-21)29-24(31)16-5-4-6-18(15-16)28-23-22(27)25(32)30(26(23)33)19-9-13-20(34-2)14-10-19/h4-15,28H,3H2,1-2H3,(H,29,31). The molecule has 4 rings (SSSR count). The van der Waals surface area contributed by atoms with Crippen LogP contribution in [0.4, 0.5) is 17.1 Å². The summed E-state index contributed by atoms with van der Waals surface area (Å²) in [5.74, 6) is -0.290. The van der Waals surface area contributed by atoms with Gasteiger partial charge in [0.05, 0.1) is 19.4 Å². The molecule has 0 aromatic heterocycles. The van der Waals surface area contributed by atoms with E-state index in [4.69, 9.17) is 21.1 Å². The van der Waals surface area contributed by atoms with Crippen molar-refractivity contribution in [1.29, 1.82) is 0 Å². The molecule has 3 amide bonds. The van der Waals surface area contributed by atoms with Gasteiger partial charge in [0.2, 0.25) is 0 Å². The fraction of sp³-hybridized carbons (Fsp3) is 0.115. The lowest BCUT2D eigenvalue weighted by Crippen LogP contribution is -2.32. The third-order valence-electron chi connectivity index (χ3n) is 5.18. The van der Waals surface area contributed by atoms with E-state index in [2.05, 4.69) is 10.6 Å². The first kappa shape index (κ1) is 23.8. The molecule has 3 aromatic carbocycles. The number of halogens is 1. The van der Waals surface area contributed by atoms with E-state index in [-0.39, 0.29) is 16.6 Å². The van der Waals surface area contributed by atoms with Crippen molar-refractivity contribution in [2.75, 3.05) is 29.3 Å². The highest BCUT2D eigenvalue weighted by Crippen LogP contribution is 2.31. The molecule has 0 fully saturated rings. The maximum atomic E-state index is 13.0. The van der Waals surface area contributed by atoms with Gasteiger partial charge < -0.3 is 20.1 Å². The van der Waals surface area contributed by atoms with Gasteiger partial charge in [0.15, 0.2) is 0 Å². The summed E-state index contributed by atoms with van der Waals surface area (Å²) < 4.78 is 10.5. The molecule has 1 aliphatic heterocycles. The number of methoxy groups -OCH3 is 1. The third kappa shape index (κ3) is 5.12. The van der Waals surface area contributed by atoms with Crippen LogP contribution in [0.15, 0.2) is 83.5 Å². The summed E-state index contributed by atoms with van der Waals surface area (Å²) in [6, 6.07) is 20.0. The monoisotopic (exact) mass is 491 g/mol. The van der Waals surface area contributed by atoms with Gasteiger partial charge in [-0.15, -0.1) is 0 Å². The Morgan fingerprint density at radius 3 is 2.26 bits per heavy atom. The minimum Gasteiger partial charge on any atom is -0.497 e. The molecule has 178 valence electrons. The maximum Gasteiger partial charge on any atom is 0.283 e. The van der Waals surface area contributed by atoms with Crippen molar-refractivity contribution in [2.24, 2.45) is 0 Å². The lowest BCUT2D eigenvalue weighted by molar-refractivity contribution is -0.120. The second-order valence-electron chi connectivity index (χ2n) is 7.45. The largest absolute Gasteiger partial charge is 0.497 e. The predicted octanol–water partition coefficient (Wildman–Crippen LogP) is 4.78. The Balaban J connectivity index is 1.48. The van der Waals surface area contributed by atoms with Gasteiger partial charge in [-0.2, -0.15) is 0 Å². The molecule has 1 heterocycles. The molecule has 0 aliphatic carbocycles. The molecule has 35 heavy (non-hydrogen) atoms. The number of nitrogens with zero attached hydrogens (tertiary/aromatic N) is 1. The second kappa shape index (κ2) is 10.3. The summed E-state index contributed by atoms with van der Waals surface area (Å²) in [5.41, 5.74) is 1.67. The maximum absolute atomic E-state index is 13.0. The fourth-order valence-electron chi connectivity index (χ4n) is 3.46. The summed E-state index contributed by atoms with van der Waals surface area (Å²) in [7, 11) is 1.52. The summed E-state index contributed by atoms with van der Waals surface area (Å²) in [4.78, 5) is 39.4. The molecule has 9 heteroatoms. The number of ether oxygens (including phenoxy) is 2. The number of imide groups is 1. The van der Waals surface area contributed by atoms with Crippen molar-refractivity contribution >= 4 is 46.4 Å². The van der Waals surface area contributed by atoms with Crippen LogP contribution in [0.1, 0.15) is 17.3 Å². The van der Waals surface area contributed by atoms with E-state index in [1.54, 1.807) is 72.8 Å². The van der Waals surface area contributed by atoms with Gasteiger partial charge in [0.1, 0.15) is 22.2 Å². The van der Waals surface area contributed by atoms with Gasteiger partial charge in [-0.05, 0) is 73.7 Å². The van der Waals surface area contributed by atoms with Crippen LogP contribution in [0, 0.1) is 0 Å². The number of carbonyl (C=O) groups is 3. The summed E-state index contributed by atoms with van der Waals surface area (Å²) in [5, 5.41) is 5.46. The molecule has 3 aromatic rings. The van der Waals surface area contributed by atoms with E-state index in [0.29, 0.717) is 40.7 Å². The van der Waals surface area contributed by atoms with Crippen LogP contribution in [-0.4, -0.2) is 31.4 Å². The third-order valence-corrected chi connectivity index (χ3v) is 5.53. The van der Waals surface area contributed by atoms with Crippen molar-refractivity contribution in [3.63, 3.8) is 0 Å².